The Morgan fingerprint density at radius 2 is 2.56 bits per heavy atom. The van der Waals surface area contributed by atoms with Gasteiger partial charge < -0.3 is 10.1 Å². The van der Waals surface area contributed by atoms with Crippen LogP contribution in [0.2, 0.25) is 0 Å². The second-order valence-corrected chi connectivity index (χ2v) is 4.77. The lowest BCUT2D eigenvalue weighted by atomic mass is 9.94. The summed E-state index contributed by atoms with van der Waals surface area (Å²) >= 11 is 1.82. The van der Waals surface area contributed by atoms with E-state index in [1.54, 1.807) is 6.20 Å². The highest BCUT2D eigenvalue weighted by molar-refractivity contribution is 7.10. The van der Waals surface area contributed by atoms with E-state index in [0.717, 1.165) is 6.42 Å². The fourth-order valence-corrected chi connectivity index (χ4v) is 2.95. The molecule has 3 nitrogen and oxygen atoms in total. The Hall–Kier alpha value is -1.29. The summed E-state index contributed by atoms with van der Waals surface area (Å²) in [6, 6.07) is 2.51. The minimum atomic E-state index is -0.325. The Morgan fingerprint density at radius 1 is 1.69 bits per heavy atom. The number of fused-ring (bicyclic) bond motifs is 1. The summed E-state index contributed by atoms with van der Waals surface area (Å²) in [5.74, 6) is -0.325. The van der Waals surface area contributed by atoms with Crippen LogP contribution in [0.5, 0.6) is 0 Å². The summed E-state index contributed by atoms with van der Waals surface area (Å²) in [6.45, 7) is 0. The fourth-order valence-electron chi connectivity index (χ4n) is 1.96. The maximum Gasteiger partial charge on any atom is 0.331 e. The van der Waals surface area contributed by atoms with Crippen LogP contribution in [0.4, 0.5) is 0 Å². The van der Waals surface area contributed by atoms with Gasteiger partial charge in [0.15, 0.2) is 0 Å². The molecule has 86 valence electrons. The summed E-state index contributed by atoms with van der Waals surface area (Å²) in [5.41, 5.74) is 1.38. The number of hydrogen-bond donors (Lipinski definition) is 1. The minimum absolute atomic E-state index is 0.325. The molecule has 2 rings (SSSR count). The molecule has 0 aromatic carbocycles. The highest BCUT2D eigenvalue weighted by atomic mass is 32.1. The zero-order chi connectivity index (χ0) is 11.4. The van der Waals surface area contributed by atoms with Crippen molar-refractivity contribution >= 4 is 17.3 Å². The molecule has 1 heterocycles. The Labute approximate surface area is 99.1 Å². The molecule has 0 saturated heterocycles. The topological polar surface area (TPSA) is 38.3 Å². The van der Waals surface area contributed by atoms with Gasteiger partial charge in [-0.25, -0.2) is 4.79 Å². The second-order valence-electron chi connectivity index (χ2n) is 3.77. The highest BCUT2D eigenvalue weighted by Crippen LogP contribution is 2.33. The highest BCUT2D eigenvalue weighted by Gasteiger charge is 2.19. The van der Waals surface area contributed by atoms with Gasteiger partial charge in [0.2, 0.25) is 0 Å². The zero-order valence-corrected chi connectivity index (χ0v) is 10.0. The van der Waals surface area contributed by atoms with E-state index in [1.165, 1.54) is 36.5 Å². The maximum atomic E-state index is 10.9. The largest absolute Gasteiger partial charge is 0.466 e. The van der Waals surface area contributed by atoms with Gasteiger partial charge in [0, 0.05) is 17.2 Å². The van der Waals surface area contributed by atoms with Gasteiger partial charge in [-0.1, -0.05) is 0 Å². The maximum absolute atomic E-state index is 10.9. The Bertz CT molecular complexity index is 397. The molecular formula is C12H15NO2S. The number of carbonyl (C=O) groups excluding carboxylic acids is 1. The molecule has 1 aliphatic carbocycles. The van der Waals surface area contributed by atoms with Crippen LogP contribution in [0.25, 0.3) is 0 Å². The Balaban J connectivity index is 1.98. The summed E-state index contributed by atoms with van der Waals surface area (Å²) in [7, 11) is 1.38. The second kappa shape index (κ2) is 5.16. The SMILES string of the molecule is COC(=O)/C=C/NC1CCCc2sccc21. The van der Waals surface area contributed by atoms with Crippen LogP contribution in [0.1, 0.15) is 29.3 Å². The summed E-state index contributed by atoms with van der Waals surface area (Å²) < 4.78 is 4.53. The first kappa shape index (κ1) is 11.2. The van der Waals surface area contributed by atoms with Gasteiger partial charge in [-0.15, -0.1) is 11.3 Å². The van der Waals surface area contributed by atoms with Crippen LogP contribution in [-0.2, 0) is 16.0 Å². The molecule has 0 saturated carbocycles. The number of nitrogens with one attached hydrogen (secondary N) is 1. The molecule has 1 aliphatic rings. The number of methoxy groups -OCH3 is 1. The molecule has 0 spiro atoms. The molecule has 16 heavy (non-hydrogen) atoms. The Kier molecular flexibility index (Phi) is 3.62. The van der Waals surface area contributed by atoms with Crippen molar-refractivity contribution in [2.75, 3.05) is 7.11 Å². The van der Waals surface area contributed by atoms with Gasteiger partial charge in [0.25, 0.3) is 0 Å². The summed E-state index contributed by atoms with van der Waals surface area (Å²) in [4.78, 5) is 12.4. The zero-order valence-electron chi connectivity index (χ0n) is 9.23. The molecule has 4 heteroatoms. The quantitative estimate of drug-likeness (QED) is 0.648. The average Bonchev–Trinajstić information content (AvgIpc) is 2.77. The van der Waals surface area contributed by atoms with Crippen molar-refractivity contribution in [1.29, 1.82) is 0 Å². The van der Waals surface area contributed by atoms with Crippen molar-refractivity contribution in [2.45, 2.75) is 25.3 Å². The number of ether oxygens (including phenoxy) is 1. The smallest absolute Gasteiger partial charge is 0.331 e. The fraction of sp³-hybridized carbons (Fsp3) is 0.417. The van der Waals surface area contributed by atoms with Crippen LogP contribution in [-0.4, -0.2) is 13.1 Å². The predicted octanol–water partition coefficient (Wildman–Crippen LogP) is 2.40. The molecule has 0 amide bonds. The van der Waals surface area contributed by atoms with Crippen molar-refractivity contribution in [2.24, 2.45) is 0 Å². The third-order valence-electron chi connectivity index (χ3n) is 2.77. The summed E-state index contributed by atoms with van der Waals surface area (Å²) in [6.07, 6.45) is 6.61. The van der Waals surface area contributed by atoms with Crippen molar-refractivity contribution in [3.05, 3.63) is 34.2 Å². The monoisotopic (exact) mass is 237 g/mol. The first-order valence-corrected chi connectivity index (χ1v) is 6.26. The van der Waals surface area contributed by atoms with E-state index in [2.05, 4.69) is 21.5 Å². The van der Waals surface area contributed by atoms with Gasteiger partial charge >= 0.3 is 5.97 Å². The normalized spacial score (nSPS) is 19.4. The molecule has 0 aliphatic heterocycles. The molecule has 1 aromatic heterocycles. The lowest BCUT2D eigenvalue weighted by Gasteiger charge is -2.22. The van der Waals surface area contributed by atoms with Crippen molar-refractivity contribution in [3.8, 4) is 0 Å². The van der Waals surface area contributed by atoms with Gasteiger partial charge in [0.05, 0.1) is 13.2 Å². The molecule has 1 N–H and O–H groups in total. The van der Waals surface area contributed by atoms with E-state index >= 15 is 0 Å². The lowest BCUT2D eigenvalue weighted by Crippen LogP contribution is -2.19. The van der Waals surface area contributed by atoms with E-state index in [9.17, 15) is 4.79 Å². The average molecular weight is 237 g/mol. The van der Waals surface area contributed by atoms with Gasteiger partial charge in [-0.2, -0.15) is 0 Å². The molecule has 1 aromatic rings. The summed E-state index contributed by atoms with van der Waals surface area (Å²) in [5, 5.41) is 5.39. The number of rotatable bonds is 3. The molecule has 1 unspecified atom stereocenters. The first-order chi connectivity index (χ1) is 7.81. The van der Waals surface area contributed by atoms with Crippen LogP contribution >= 0.6 is 11.3 Å². The third-order valence-corrected chi connectivity index (χ3v) is 3.77. The van der Waals surface area contributed by atoms with Crippen molar-refractivity contribution in [1.82, 2.24) is 5.32 Å². The predicted molar refractivity (Wildman–Crippen MR) is 64.3 cm³/mol. The molecular weight excluding hydrogens is 222 g/mol. The standard InChI is InChI=1S/C12H15NO2S/c1-15-12(14)5-7-13-10-3-2-4-11-9(10)6-8-16-11/h5-8,10,13H,2-4H2,1H3/b7-5+. The lowest BCUT2D eigenvalue weighted by molar-refractivity contribution is -0.134. The van der Waals surface area contributed by atoms with E-state index < -0.39 is 0 Å². The van der Waals surface area contributed by atoms with Gasteiger partial charge in [-0.05, 0) is 36.3 Å². The van der Waals surface area contributed by atoms with Crippen LogP contribution in [0.3, 0.4) is 0 Å². The van der Waals surface area contributed by atoms with E-state index in [1.807, 2.05) is 11.3 Å². The van der Waals surface area contributed by atoms with Crippen LogP contribution in [0, 0.1) is 0 Å². The molecule has 0 fully saturated rings. The van der Waals surface area contributed by atoms with E-state index in [0.29, 0.717) is 6.04 Å². The van der Waals surface area contributed by atoms with Gasteiger partial charge in [0.1, 0.15) is 0 Å². The number of esters is 1. The number of carbonyl (C=O) groups is 1. The first-order valence-electron chi connectivity index (χ1n) is 5.38. The van der Waals surface area contributed by atoms with Crippen LogP contribution < -0.4 is 5.32 Å². The number of aryl methyl sites for hydroxylation is 1. The van der Waals surface area contributed by atoms with E-state index in [-0.39, 0.29) is 5.97 Å². The van der Waals surface area contributed by atoms with E-state index in [4.69, 9.17) is 0 Å². The number of hydrogen-bond acceptors (Lipinski definition) is 4. The van der Waals surface area contributed by atoms with Crippen LogP contribution in [0.15, 0.2) is 23.7 Å². The number of thiophene rings is 1. The van der Waals surface area contributed by atoms with Crippen molar-refractivity contribution in [3.63, 3.8) is 0 Å². The third kappa shape index (κ3) is 2.44. The molecule has 0 bridgehead atoms. The molecule has 0 radical (unpaired) electrons. The van der Waals surface area contributed by atoms with Gasteiger partial charge in [-0.3, -0.25) is 0 Å². The van der Waals surface area contributed by atoms with Crippen molar-refractivity contribution < 1.29 is 9.53 Å². The minimum Gasteiger partial charge on any atom is -0.466 e. The molecule has 1 atom stereocenters. The Morgan fingerprint density at radius 3 is 3.38 bits per heavy atom.